The molecule has 1 N–H and O–H groups in total. The van der Waals surface area contributed by atoms with E-state index in [1.165, 1.54) is 0 Å². The minimum atomic E-state index is -1.42. The van der Waals surface area contributed by atoms with Crippen LogP contribution in [0.3, 0.4) is 0 Å². The first-order chi connectivity index (χ1) is 11.1. The molecule has 1 atom stereocenters. The van der Waals surface area contributed by atoms with Crippen LogP contribution in [-0.2, 0) is 9.53 Å². The topological polar surface area (TPSA) is 92.3 Å². The van der Waals surface area contributed by atoms with Gasteiger partial charge in [0, 0.05) is 31.2 Å². The molecule has 0 fully saturated rings. The lowest BCUT2D eigenvalue weighted by molar-refractivity contribution is -0.122. The maximum absolute atomic E-state index is 12.5. The summed E-state index contributed by atoms with van der Waals surface area (Å²) in [6.45, 7) is 2.58. The van der Waals surface area contributed by atoms with Crippen LogP contribution in [0.1, 0.15) is 22.5 Å². The predicted molar refractivity (Wildman–Crippen MR) is 83.9 cm³/mol. The monoisotopic (exact) mass is 314 g/mol. The molecule has 0 saturated heterocycles. The van der Waals surface area contributed by atoms with E-state index in [-0.39, 0.29) is 5.76 Å². The molecule has 0 radical (unpaired) electrons. The third-order valence-corrected chi connectivity index (χ3v) is 3.55. The van der Waals surface area contributed by atoms with Gasteiger partial charge >= 0.3 is 0 Å². The first-order valence-corrected chi connectivity index (χ1v) is 7.28. The highest BCUT2D eigenvalue weighted by Crippen LogP contribution is 2.26. The number of benzene rings is 1. The number of ketones is 1. The van der Waals surface area contributed by atoms with Crippen LogP contribution in [0.5, 0.6) is 0 Å². The van der Waals surface area contributed by atoms with Crippen molar-refractivity contribution in [2.24, 2.45) is 5.92 Å². The van der Waals surface area contributed by atoms with Crippen molar-refractivity contribution >= 4 is 22.7 Å². The first kappa shape index (κ1) is 16.7. The van der Waals surface area contributed by atoms with E-state index in [0.29, 0.717) is 30.7 Å². The third-order valence-electron chi connectivity index (χ3n) is 3.55. The number of hydrogen-bond acceptors (Lipinski definition) is 5. The van der Waals surface area contributed by atoms with E-state index < -0.39 is 17.6 Å². The number of furan rings is 1. The molecular formula is C17H18N2O4. The van der Waals surface area contributed by atoms with Gasteiger partial charge in [0.1, 0.15) is 5.58 Å². The van der Waals surface area contributed by atoms with Gasteiger partial charge in [-0.2, -0.15) is 5.26 Å². The highest BCUT2D eigenvalue weighted by Gasteiger charge is 2.31. The molecule has 1 heterocycles. The highest BCUT2D eigenvalue weighted by molar-refractivity contribution is 6.13. The van der Waals surface area contributed by atoms with Crippen molar-refractivity contribution in [3.8, 4) is 6.07 Å². The number of fused-ring (bicyclic) bond motifs is 1. The fourth-order valence-electron chi connectivity index (χ4n) is 2.31. The largest absolute Gasteiger partial charge is 0.453 e. The van der Waals surface area contributed by atoms with Crippen LogP contribution in [0.4, 0.5) is 0 Å². The molecule has 0 spiro atoms. The normalized spacial score (nSPS) is 11.9. The molecule has 0 unspecified atom stereocenters. The van der Waals surface area contributed by atoms with Crippen LogP contribution in [0.25, 0.3) is 11.0 Å². The summed E-state index contributed by atoms with van der Waals surface area (Å²) in [6.07, 6.45) is 0.609. The van der Waals surface area contributed by atoms with Crippen LogP contribution in [0, 0.1) is 24.2 Å². The number of aryl methyl sites for hydroxylation is 1. The van der Waals surface area contributed by atoms with Gasteiger partial charge in [0.05, 0.1) is 6.07 Å². The van der Waals surface area contributed by atoms with Gasteiger partial charge in [-0.25, -0.2) is 0 Å². The Morgan fingerprint density at radius 3 is 2.78 bits per heavy atom. The van der Waals surface area contributed by atoms with Crippen molar-refractivity contribution in [2.75, 3.05) is 20.3 Å². The smallest absolute Gasteiger partial charge is 0.245 e. The summed E-state index contributed by atoms with van der Waals surface area (Å²) >= 11 is 0. The molecule has 6 nitrogen and oxygen atoms in total. The van der Waals surface area contributed by atoms with Crippen LogP contribution in [-0.4, -0.2) is 32.0 Å². The van der Waals surface area contributed by atoms with Crippen LogP contribution < -0.4 is 5.32 Å². The summed E-state index contributed by atoms with van der Waals surface area (Å²) in [4.78, 5) is 24.5. The van der Waals surface area contributed by atoms with Crippen LogP contribution >= 0.6 is 0 Å². The van der Waals surface area contributed by atoms with Crippen molar-refractivity contribution < 1.29 is 18.7 Å². The molecule has 23 heavy (non-hydrogen) atoms. The van der Waals surface area contributed by atoms with Crippen molar-refractivity contribution in [3.63, 3.8) is 0 Å². The quantitative estimate of drug-likeness (QED) is 0.480. The summed E-state index contributed by atoms with van der Waals surface area (Å²) < 4.78 is 10.4. The second-order valence-electron chi connectivity index (χ2n) is 5.12. The van der Waals surface area contributed by atoms with Crippen molar-refractivity contribution in [2.45, 2.75) is 13.3 Å². The maximum atomic E-state index is 12.5. The number of methoxy groups -OCH3 is 1. The first-order valence-electron chi connectivity index (χ1n) is 7.28. The third kappa shape index (κ3) is 3.58. The Hall–Kier alpha value is -2.65. The van der Waals surface area contributed by atoms with Gasteiger partial charge in [-0.05, 0) is 19.4 Å². The predicted octanol–water partition coefficient (Wildman–Crippen LogP) is 2.22. The van der Waals surface area contributed by atoms with E-state index in [9.17, 15) is 14.9 Å². The average Bonchev–Trinajstić information content (AvgIpc) is 2.89. The second-order valence-corrected chi connectivity index (χ2v) is 5.12. The number of Topliss-reactive ketones (excluding diaryl/α,β-unsaturated/α-hetero) is 1. The van der Waals surface area contributed by atoms with Gasteiger partial charge in [-0.1, -0.05) is 18.2 Å². The number of nitrogens with zero attached hydrogens (tertiary/aromatic N) is 1. The lowest BCUT2D eigenvalue weighted by atomic mass is 10.00. The van der Waals surface area contributed by atoms with Crippen molar-refractivity contribution in [3.05, 3.63) is 35.6 Å². The molecule has 0 saturated carbocycles. The molecule has 2 rings (SSSR count). The van der Waals surface area contributed by atoms with Crippen molar-refractivity contribution in [1.29, 1.82) is 5.26 Å². The standard InChI is InChI=1S/C17H18N2O4/c1-11-12-6-3-4-7-14(12)23-16(11)15(20)13(10-18)17(21)19-8-5-9-22-2/h3-4,6-7,13H,5,8-9H2,1-2H3,(H,19,21)/t13-/m1/s1. The number of carbonyl (C=O) groups excluding carboxylic acids is 2. The minimum absolute atomic E-state index is 0.0600. The molecule has 0 bridgehead atoms. The Kier molecular flexibility index (Phi) is 5.50. The molecule has 2 aromatic rings. The van der Waals surface area contributed by atoms with Crippen LogP contribution in [0.15, 0.2) is 28.7 Å². The van der Waals surface area contributed by atoms with E-state index in [0.717, 1.165) is 5.39 Å². The second kappa shape index (κ2) is 7.56. The highest BCUT2D eigenvalue weighted by atomic mass is 16.5. The molecule has 6 heteroatoms. The number of hydrogen-bond donors (Lipinski definition) is 1. The zero-order chi connectivity index (χ0) is 16.8. The van der Waals surface area contributed by atoms with Crippen molar-refractivity contribution in [1.82, 2.24) is 5.32 Å². The van der Waals surface area contributed by atoms with Gasteiger partial charge in [-0.15, -0.1) is 0 Å². The Balaban J connectivity index is 2.17. The van der Waals surface area contributed by atoms with E-state index in [1.807, 2.05) is 12.1 Å². The van der Waals surface area contributed by atoms with Gasteiger partial charge in [-0.3, -0.25) is 9.59 Å². The SMILES string of the molecule is COCCCNC(=O)[C@H](C#N)C(=O)c1oc2ccccc2c1C. The summed E-state index contributed by atoms with van der Waals surface area (Å²) in [7, 11) is 1.56. The minimum Gasteiger partial charge on any atom is -0.453 e. The zero-order valence-corrected chi connectivity index (χ0v) is 13.1. The number of carbonyl (C=O) groups is 2. The fraction of sp³-hybridized carbons (Fsp3) is 0.353. The number of nitriles is 1. The number of nitrogens with one attached hydrogen (secondary N) is 1. The molecule has 120 valence electrons. The Morgan fingerprint density at radius 2 is 2.13 bits per heavy atom. The summed E-state index contributed by atoms with van der Waals surface area (Å²) in [5.41, 5.74) is 1.20. The maximum Gasteiger partial charge on any atom is 0.245 e. The molecule has 1 aromatic heterocycles. The summed E-state index contributed by atoms with van der Waals surface area (Å²) in [6, 6.07) is 8.96. The molecule has 0 aliphatic rings. The number of para-hydroxylation sites is 1. The number of rotatable bonds is 7. The Morgan fingerprint density at radius 1 is 1.39 bits per heavy atom. The number of amides is 1. The summed E-state index contributed by atoms with van der Waals surface area (Å²) in [5.74, 6) is -2.60. The molecule has 1 aromatic carbocycles. The molecular weight excluding hydrogens is 296 g/mol. The van der Waals surface area contributed by atoms with Gasteiger partial charge in [0.15, 0.2) is 11.7 Å². The molecule has 0 aliphatic carbocycles. The Labute approximate surface area is 134 Å². The lowest BCUT2D eigenvalue weighted by Gasteiger charge is -2.08. The zero-order valence-electron chi connectivity index (χ0n) is 13.1. The van der Waals surface area contributed by atoms with E-state index in [2.05, 4.69) is 5.32 Å². The lowest BCUT2D eigenvalue weighted by Crippen LogP contribution is -2.35. The number of ether oxygens (including phenoxy) is 1. The van der Waals surface area contributed by atoms with Crippen LogP contribution in [0.2, 0.25) is 0 Å². The summed E-state index contributed by atoms with van der Waals surface area (Å²) in [5, 5.41) is 12.6. The van der Waals surface area contributed by atoms with E-state index >= 15 is 0 Å². The van der Waals surface area contributed by atoms with E-state index in [1.54, 1.807) is 32.2 Å². The molecule has 1 amide bonds. The van der Waals surface area contributed by atoms with Gasteiger partial charge < -0.3 is 14.5 Å². The molecule has 0 aliphatic heterocycles. The average molecular weight is 314 g/mol. The van der Waals surface area contributed by atoms with Gasteiger partial charge in [0.25, 0.3) is 0 Å². The fourth-order valence-corrected chi connectivity index (χ4v) is 2.31. The van der Waals surface area contributed by atoms with E-state index in [4.69, 9.17) is 9.15 Å². The Bertz CT molecular complexity index is 758. The van der Waals surface area contributed by atoms with Gasteiger partial charge in [0.2, 0.25) is 11.7 Å².